The molecule has 1 amide bonds. The van der Waals surface area contributed by atoms with E-state index in [-0.39, 0.29) is 6.09 Å². The quantitative estimate of drug-likeness (QED) is 0.759. The number of carbonyl (C=O) groups is 1. The molecule has 7 nitrogen and oxygen atoms in total. The molecular weight excluding hydrogens is 362 g/mol. The Hall–Kier alpha value is -1.83. The SMILES string of the molecule is CC(C)(C)OC(=O)N1CCN(c2nc(Br)cn3ccnc23)CC1. The van der Waals surface area contributed by atoms with Gasteiger partial charge in [-0.3, -0.25) is 0 Å². The van der Waals surface area contributed by atoms with Crippen LogP contribution in [0.25, 0.3) is 5.65 Å². The molecule has 2 aromatic rings. The zero-order valence-electron chi connectivity index (χ0n) is 13.5. The molecule has 0 atom stereocenters. The minimum absolute atomic E-state index is 0.259. The van der Waals surface area contributed by atoms with E-state index in [1.54, 1.807) is 11.1 Å². The van der Waals surface area contributed by atoms with E-state index >= 15 is 0 Å². The van der Waals surface area contributed by atoms with Gasteiger partial charge in [-0.15, -0.1) is 0 Å². The summed E-state index contributed by atoms with van der Waals surface area (Å²) in [5.74, 6) is 0.827. The number of rotatable bonds is 1. The van der Waals surface area contributed by atoms with Crippen LogP contribution in [0.4, 0.5) is 10.6 Å². The summed E-state index contributed by atoms with van der Waals surface area (Å²) in [5, 5.41) is 0. The van der Waals surface area contributed by atoms with E-state index in [1.807, 2.05) is 37.6 Å². The number of fused-ring (bicyclic) bond motifs is 1. The van der Waals surface area contributed by atoms with Crippen molar-refractivity contribution in [3.8, 4) is 0 Å². The number of carbonyl (C=O) groups excluding carboxylic acids is 1. The second kappa shape index (κ2) is 5.99. The van der Waals surface area contributed by atoms with Gasteiger partial charge in [-0.2, -0.15) is 0 Å². The molecule has 3 rings (SSSR count). The predicted molar refractivity (Wildman–Crippen MR) is 90.7 cm³/mol. The Balaban J connectivity index is 1.71. The largest absolute Gasteiger partial charge is 0.444 e. The lowest BCUT2D eigenvalue weighted by molar-refractivity contribution is 0.0240. The number of amides is 1. The van der Waals surface area contributed by atoms with E-state index in [9.17, 15) is 4.79 Å². The highest BCUT2D eigenvalue weighted by atomic mass is 79.9. The van der Waals surface area contributed by atoms with Gasteiger partial charge in [0.1, 0.15) is 10.2 Å². The van der Waals surface area contributed by atoms with Gasteiger partial charge >= 0.3 is 6.09 Å². The molecule has 0 N–H and O–H groups in total. The molecule has 0 unspecified atom stereocenters. The van der Waals surface area contributed by atoms with Gasteiger partial charge in [0.25, 0.3) is 0 Å². The lowest BCUT2D eigenvalue weighted by Crippen LogP contribution is -2.50. The van der Waals surface area contributed by atoms with Crippen molar-refractivity contribution >= 4 is 33.5 Å². The molecule has 3 heterocycles. The maximum Gasteiger partial charge on any atom is 0.410 e. The Kier molecular flexibility index (Phi) is 4.18. The summed E-state index contributed by atoms with van der Waals surface area (Å²) in [7, 11) is 0. The van der Waals surface area contributed by atoms with Gasteiger partial charge in [0.2, 0.25) is 0 Å². The number of imidazole rings is 1. The maximum absolute atomic E-state index is 12.1. The molecule has 1 aliphatic rings. The molecule has 0 bridgehead atoms. The number of piperazine rings is 1. The van der Waals surface area contributed by atoms with E-state index in [0.717, 1.165) is 16.1 Å². The van der Waals surface area contributed by atoms with Gasteiger partial charge in [0.05, 0.1) is 0 Å². The van der Waals surface area contributed by atoms with E-state index < -0.39 is 5.60 Å². The van der Waals surface area contributed by atoms with Crippen molar-refractivity contribution in [3.05, 3.63) is 23.2 Å². The van der Waals surface area contributed by atoms with Crippen molar-refractivity contribution < 1.29 is 9.53 Å². The second-order valence-corrected chi connectivity index (χ2v) is 7.31. The van der Waals surface area contributed by atoms with Crippen molar-refractivity contribution in [1.29, 1.82) is 0 Å². The van der Waals surface area contributed by atoms with E-state index in [2.05, 4.69) is 30.8 Å². The third-order valence-electron chi connectivity index (χ3n) is 3.56. The molecule has 0 aliphatic carbocycles. The molecule has 2 aromatic heterocycles. The van der Waals surface area contributed by atoms with Crippen LogP contribution in [-0.2, 0) is 4.74 Å². The zero-order valence-corrected chi connectivity index (χ0v) is 15.1. The number of ether oxygens (including phenoxy) is 1. The second-order valence-electron chi connectivity index (χ2n) is 6.50. The van der Waals surface area contributed by atoms with Gasteiger partial charge < -0.3 is 18.9 Å². The highest BCUT2D eigenvalue weighted by Crippen LogP contribution is 2.22. The van der Waals surface area contributed by atoms with Crippen molar-refractivity contribution in [3.63, 3.8) is 0 Å². The summed E-state index contributed by atoms with van der Waals surface area (Å²) < 4.78 is 8.12. The summed E-state index contributed by atoms with van der Waals surface area (Å²) in [6.45, 7) is 8.24. The number of hydrogen-bond acceptors (Lipinski definition) is 5. The lowest BCUT2D eigenvalue weighted by atomic mass is 10.2. The first-order valence-electron chi connectivity index (χ1n) is 7.55. The molecule has 0 saturated carbocycles. The normalized spacial score (nSPS) is 16.0. The zero-order chi connectivity index (χ0) is 16.6. The first kappa shape index (κ1) is 16.0. The Morgan fingerprint density at radius 1 is 1.26 bits per heavy atom. The van der Waals surface area contributed by atoms with Crippen LogP contribution in [0.1, 0.15) is 20.8 Å². The van der Waals surface area contributed by atoms with Crippen LogP contribution in [-0.4, -0.2) is 57.1 Å². The van der Waals surface area contributed by atoms with Crippen molar-refractivity contribution in [2.24, 2.45) is 0 Å². The molecular formula is C15H20BrN5O2. The molecule has 1 aliphatic heterocycles. The van der Waals surface area contributed by atoms with Gasteiger partial charge in [-0.25, -0.2) is 14.8 Å². The molecule has 0 aromatic carbocycles. The van der Waals surface area contributed by atoms with Gasteiger partial charge in [-0.05, 0) is 36.7 Å². The highest BCUT2D eigenvalue weighted by Gasteiger charge is 2.27. The van der Waals surface area contributed by atoms with Crippen LogP contribution in [0.15, 0.2) is 23.2 Å². The number of halogens is 1. The first-order chi connectivity index (χ1) is 10.8. The molecule has 23 heavy (non-hydrogen) atoms. The molecule has 1 fully saturated rings. The van der Waals surface area contributed by atoms with Crippen LogP contribution in [0.3, 0.4) is 0 Å². The smallest absolute Gasteiger partial charge is 0.410 e. The minimum Gasteiger partial charge on any atom is -0.444 e. The summed E-state index contributed by atoms with van der Waals surface area (Å²) in [4.78, 5) is 24.9. The van der Waals surface area contributed by atoms with E-state index in [4.69, 9.17) is 4.74 Å². The molecule has 8 heteroatoms. The predicted octanol–water partition coefficient (Wildman–Crippen LogP) is 2.55. The van der Waals surface area contributed by atoms with E-state index in [0.29, 0.717) is 26.2 Å². The van der Waals surface area contributed by atoms with Gasteiger partial charge in [0, 0.05) is 44.8 Å². The topological polar surface area (TPSA) is 63.0 Å². The summed E-state index contributed by atoms with van der Waals surface area (Å²) >= 11 is 3.43. The number of anilines is 1. The lowest BCUT2D eigenvalue weighted by Gasteiger charge is -2.36. The monoisotopic (exact) mass is 381 g/mol. The van der Waals surface area contributed by atoms with Crippen LogP contribution in [0.2, 0.25) is 0 Å². The average Bonchev–Trinajstić information content (AvgIpc) is 2.93. The molecule has 1 saturated heterocycles. The third kappa shape index (κ3) is 3.57. The van der Waals surface area contributed by atoms with Crippen LogP contribution >= 0.6 is 15.9 Å². The van der Waals surface area contributed by atoms with Crippen LogP contribution in [0, 0.1) is 0 Å². The summed E-state index contributed by atoms with van der Waals surface area (Å²) in [6, 6.07) is 0. The van der Waals surface area contributed by atoms with Gasteiger partial charge in [0.15, 0.2) is 11.5 Å². The number of nitrogens with zero attached hydrogens (tertiary/aromatic N) is 5. The Bertz CT molecular complexity index is 716. The van der Waals surface area contributed by atoms with Crippen molar-refractivity contribution in [2.45, 2.75) is 26.4 Å². The standard InChI is InChI=1S/C15H20BrN5O2/c1-15(2,3)23-14(22)20-8-6-19(7-9-20)13-12-17-4-5-21(12)10-11(16)18-13/h4-5,10H,6-9H2,1-3H3. The minimum atomic E-state index is -0.470. The van der Waals surface area contributed by atoms with Crippen molar-refractivity contribution in [1.82, 2.24) is 19.3 Å². The van der Waals surface area contributed by atoms with Gasteiger partial charge in [-0.1, -0.05) is 0 Å². The Morgan fingerprint density at radius 2 is 1.96 bits per heavy atom. The number of hydrogen-bond donors (Lipinski definition) is 0. The molecule has 124 valence electrons. The fraction of sp³-hybridized carbons (Fsp3) is 0.533. The van der Waals surface area contributed by atoms with E-state index in [1.165, 1.54) is 0 Å². The third-order valence-corrected chi connectivity index (χ3v) is 3.94. The summed E-state index contributed by atoms with van der Waals surface area (Å²) in [5.41, 5.74) is 0.348. The van der Waals surface area contributed by atoms with Crippen LogP contribution in [0.5, 0.6) is 0 Å². The molecule has 0 spiro atoms. The summed E-state index contributed by atoms with van der Waals surface area (Å²) in [6.07, 6.45) is 5.26. The molecule has 0 radical (unpaired) electrons. The fourth-order valence-corrected chi connectivity index (χ4v) is 2.91. The average molecular weight is 382 g/mol. The first-order valence-corrected chi connectivity index (χ1v) is 8.35. The fourth-order valence-electron chi connectivity index (χ4n) is 2.52. The maximum atomic E-state index is 12.1. The highest BCUT2D eigenvalue weighted by molar-refractivity contribution is 9.10. The Labute approximate surface area is 143 Å². The Morgan fingerprint density at radius 3 is 2.61 bits per heavy atom. The van der Waals surface area contributed by atoms with Crippen molar-refractivity contribution in [2.75, 3.05) is 31.1 Å². The van der Waals surface area contributed by atoms with Crippen LogP contribution < -0.4 is 4.90 Å². The number of aromatic nitrogens is 3.